The SMILES string of the molecule is O[C@@H]1[C@H](O)CN2CC[C@H](O)C2[C@@H]1O. The van der Waals surface area contributed by atoms with E-state index in [4.69, 9.17) is 0 Å². The molecule has 13 heavy (non-hydrogen) atoms. The predicted molar refractivity (Wildman–Crippen MR) is 44.0 cm³/mol. The first kappa shape index (κ1) is 9.36. The number of fused-ring (bicyclic) bond motifs is 1. The number of rotatable bonds is 0. The maximum absolute atomic E-state index is 9.58. The molecule has 0 aromatic carbocycles. The van der Waals surface area contributed by atoms with Crippen molar-refractivity contribution in [3.8, 4) is 0 Å². The van der Waals surface area contributed by atoms with E-state index >= 15 is 0 Å². The normalized spacial score (nSPS) is 52.2. The Bertz CT molecular complexity index is 201. The summed E-state index contributed by atoms with van der Waals surface area (Å²) in [6.07, 6.45) is -3.06. The zero-order chi connectivity index (χ0) is 9.59. The maximum atomic E-state index is 9.58. The van der Waals surface area contributed by atoms with Crippen LogP contribution >= 0.6 is 0 Å². The summed E-state index contributed by atoms with van der Waals surface area (Å²) in [4.78, 5) is 1.83. The molecule has 2 heterocycles. The van der Waals surface area contributed by atoms with E-state index in [0.29, 0.717) is 19.5 Å². The van der Waals surface area contributed by atoms with Crippen molar-refractivity contribution in [1.29, 1.82) is 0 Å². The number of piperidine rings is 1. The van der Waals surface area contributed by atoms with Crippen LogP contribution < -0.4 is 0 Å². The van der Waals surface area contributed by atoms with E-state index in [0.717, 1.165) is 0 Å². The van der Waals surface area contributed by atoms with Crippen molar-refractivity contribution >= 4 is 0 Å². The summed E-state index contributed by atoms with van der Waals surface area (Å²) < 4.78 is 0. The molecule has 2 aliphatic heterocycles. The van der Waals surface area contributed by atoms with Gasteiger partial charge in [0.05, 0.1) is 18.2 Å². The quantitative estimate of drug-likeness (QED) is 0.339. The van der Waals surface area contributed by atoms with Gasteiger partial charge in [-0.1, -0.05) is 0 Å². The van der Waals surface area contributed by atoms with E-state index in [1.54, 1.807) is 0 Å². The molecule has 2 fully saturated rings. The number of hydrogen-bond donors (Lipinski definition) is 4. The minimum absolute atomic E-state index is 0.333. The third-order valence-corrected chi connectivity index (χ3v) is 3.04. The van der Waals surface area contributed by atoms with Gasteiger partial charge < -0.3 is 20.4 Å². The predicted octanol–water partition coefficient (Wildman–Crippen LogP) is -2.48. The van der Waals surface area contributed by atoms with Gasteiger partial charge in [-0.3, -0.25) is 4.90 Å². The van der Waals surface area contributed by atoms with Gasteiger partial charge in [0.25, 0.3) is 0 Å². The Balaban J connectivity index is 2.15. The van der Waals surface area contributed by atoms with Crippen molar-refractivity contribution < 1.29 is 20.4 Å². The van der Waals surface area contributed by atoms with Gasteiger partial charge in [-0.15, -0.1) is 0 Å². The highest BCUT2D eigenvalue weighted by Gasteiger charge is 2.47. The van der Waals surface area contributed by atoms with Crippen LogP contribution in [-0.4, -0.2) is 68.9 Å². The van der Waals surface area contributed by atoms with Crippen LogP contribution in [0.5, 0.6) is 0 Å². The molecule has 0 amide bonds. The number of aliphatic hydroxyl groups is 4. The van der Waals surface area contributed by atoms with Crippen molar-refractivity contribution in [2.75, 3.05) is 13.1 Å². The Kier molecular flexibility index (Phi) is 2.29. The second kappa shape index (κ2) is 3.18. The smallest absolute Gasteiger partial charge is 0.109 e. The van der Waals surface area contributed by atoms with Crippen molar-refractivity contribution in [2.24, 2.45) is 0 Å². The third-order valence-electron chi connectivity index (χ3n) is 3.04. The Hall–Kier alpha value is -0.200. The maximum Gasteiger partial charge on any atom is 0.109 e. The van der Waals surface area contributed by atoms with Crippen molar-refractivity contribution in [1.82, 2.24) is 4.90 Å². The minimum atomic E-state index is -1.13. The molecule has 2 saturated heterocycles. The van der Waals surface area contributed by atoms with Crippen LogP contribution in [-0.2, 0) is 0 Å². The molecule has 2 rings (SSSR count). The number of hydrogen-bond acceptors (Lipinski definition) is 5. The van der Waals surface area contributed by atoms with Crippen LogP contribution in [0.2, 0.25) is 0 Å². The molecule has 5 heteroatoms. The summed E-state index contributed by atoms with van der Waals surface area (Å²) in [6.45, 7) is 1.01. The molecule has 0 saturated carbocycles. The molecular weight excluding hydrogens is 174 g/mol. The number of aliphatic hydroxyl groups excluding tert-OH is 4. The average Bonchev–Trinajstić information content (AvgIpc) is 2.43. The summed E-state index contributed by atoms with van der Waals surface area (Å²) >= 11 is 0. The zero-order valence-electron chi connectivity index (χ0n) is 7.24. The molecule has 0 aliphatic carbocycles. The topological polar surface area (TPSA) is 84.2 Å². The molecule has 0 aromatic heterocycles. The van der Waals surface area contributed by atoms with Crippen LogP contribution in [0, 0.1) is 0 Å². The Morgan fingerprint density at radius 2 is 1.62 bits per heavy atom. The molecule has 0 aromatic rings. The fraction of sp³-hybridized carbons (Fsp3) is 1.00. The minimum Gasteiger partial charge on any atom is -0.391 e. The van der Waals surface area contributed by atoms with Gasteiger partial charge in [-0.25, -0.2) is 0 Å². The average molecular weight is 189 g/mol. The summed E-state index contributed by atoms with van der Waals surface area (Å²) in [5.41, 5.74) is 0. The van der Waals surface area contributed by atoms with Crippen LogP contribution in [0.4, 0.5) is 0 Å². The van der Waals surface area contributed by atoms with Gasteiger partial charge in [0.15, 0.2) is 0 Å². The molecule has 5 nitrogen and oxygen atoms in total. The molecule has 4 N–H and O–H groups in total. The molecule has 2 aliphatic rings. The number of nitrogens with zero attached hydrogens (tertiary/aromatic N) is 1. The molecule has 0 radical (unpaired) electrons. The van der Waals surface area contributed by atoms with Crippen molar-refractivity contribution in [2.45, 2.75) is 36.9 Å². The van der Waals surface area contributed by atoms with E-state index in [9.17, 15) is 20.4 Å². The highest BCUT2D eigenvalue weighted by atomic mass is 16.4. The Morgan fingerprint density at radius 1 is 0.923 bits per heavy atom. The van der Waals surface area contributed by atoms with Gasteiger partial charge in [0.2, 0.25) is 0 Å². The van der Waals surface area contributed by atoms with Gasteiger partial charge in [0.1, 0.15) is 12.2 Å². The van der Waals surface area contributed by atoms with Crippen molar-refractivity contribution in [3.05, 3.63) is 0 Å². The molecule has 76 valence electrons. The Morgan fingerprint density at radius 3 is 2.31 bits per heavy atom. The summed E-state index contributed by atoms with van der Waals surface area (Å²) in [5.74, 6) is 0. The standard InChI is InChI=1S/C8H15NO4/c10-4-1-2-9-3-5(11)7(12)8(13)6(4)9/h4-8,10-13H,1-3H2/t4-,5+,6?,7+,8-/m0/s1. The van der Waals surface area contributed by atoms with E-state index in [2.05, 4.69) is 0 Å². The van der Waals surface area contributed by atoms with Gasteiger partial charge in [0, 0.05) is 13.1 Å². The fourth-order valence-electron chi connectivity index (χ4n) is 2.30. The Labute approximate surface area is 76.2 Å². The van der Waals surface area contributed by atoms with E-state index in [1.165, 1.54) is 0 Å². The highest BCUT2D eigenvalue weighted by molar-refractivity contribution is 5.01. The lowest BCUT2D eigenvalue weighted by atomic mass is 9.93. The van der Waals surface area contributed by atoms with Crippen LogP contribution in [0.15, 0.2) is 0 Å². The zero-order valence-corrected chi connectivity index (χ0v) is 7.24. The van der Waals surface area contributed by atoms with Gasteiger partial charge in [-0.2, -0.15) is 0 Å². The highest BCUT2D eigenvalue weighted by Crippen LogP contribution is 2.27. The van der Waals surface area contributed by atoms with Crippen LogP contribution in [0.3, 0.4) is 0 Å². The second-order valence-corrected chi connectivity index (χ2v) is 3.89. The largest absolute Gasteiger partial charge is 0.391 e. The first-order chi connectivity index (χ1) is 6.11. The second-order valence-electron chi connectivity index (χ2n) is 3.89. The molecular formula is C8H15NO4. The monoisotopic (exact) mass is 189 g/mol. The van der Waals surface area contributed by atoms with Gasteiger partial charge in [-0.05, 0) is 6.42 Å². The lowest BCUT2D eigenvalue weighted by Crippen LogP contribution is -2.61. The third kappa shape index (κ3) is 1.37. The summed E-state index contributed by atoms with van der Waals surface area (Å²) in [6, 6.07) is -0.404. The summed E-state index contributed by atoms with van der Waals surface area (Å²) in [7, 11) is 0. The first-order valence-corrected chi connectivity index (χ1v) is 4.57. The van der Waals surface area contributed by atoms with E-state index < -0.39 is 30.5 Å². The lowest BCUT2D eigenvalue weighted by Gasteiger charge is -2.40. The molecule has 5 atom stereocenters. The van der Waals surface area contributed by atoms with Crippen molar-refractivity contribution in [3.63, 3.8) is 0 Å². The molecule has 0 spiro atoms. The van der Waals surface area contributed by atoms with Crippen LogP contribution in [0.1, 0.15) is 6.42 Å². The molecule has 0 bridgehead atoms. The molecule has 1 unspecified atom stereocenters. The lowest BCUT2D eigenvalue weighted by molar-refractivity contribution is -0.140. The van der Waals surface area contributed by atoms with Gasteiger partial charge >= 0.3 is 0 Å². The fourth-order valence-corrected chi connectivity index (χ4v) is 2.30. The first-order valence-electron chi connectivity index (χ1n) is 4.57. The summed E-state index contributed by atoms with van der Waals surface area (Å²) in [5, 5.41) is 37.8. The van der Waals surface area contributed by atoms with E-state index in [1.807, 2.05) is 4.90 Å². The van der Waals surface area contributed by atoms with E-state index in [-0.39, 0.29) is 0 Å². The van der Waals surface area contributed by atoms with Crippen LogP contribution in [0.25, 0.3) is 0 Å².